The first-order valence-electron chi connectivity index (χ1n) is 8.31. The average molecular weight is 320 g/mol. The van der Waals surface area contributed by atoms with Gasteiger partial charge in [0.1, 0.15) is 11.7 Å². The number of methoxy groups -OCH3 is 1. The summed E-state index contributed by atoms with van der Waals surface area (Å²) in [6.07, 6.45) is 1.04. The molecule has 2 saturated heterocycles. The minimum absolute atomic E-state index is 0.208. The third kappa shape index (κ3) is 2.18. The maximum atomic E-state index is 11.3. The Labute approximate surface area is 136 Å². The Morgan fingerprint density at radius 1 is 1.17 bits per heavy atom. The van der Waals surface area contributed by atoms with Gasteiger partial charge in [-0.3, -0.25) is 0 Å². The molecule has 3 aliphatic rings. The molecule has 23 heavy (non-hydrogen) atoms. The maximum absolute atomic E-state index is 11.3. The van der Waals surface area contributed by atoms with Crippen molar-refractivity contribution >= 4 is 0 Å². The highest BCUT2D eigenvalue weighted by atomic mass is 16.7. The van der Waals surface area contributed by atoms with Gasteiger partial charge in [0, 0.05) is 18.1 Å². The van der Waals surface area contributed by atoms with Crippen LogP contribution in [-0.4, -0.2) is 42.9 Å². The van der Waals surface area contributed by atoms with Gasteiger partial charge in [0.05, 0.1) is 12.7 Å². The highest BCUT2D eigenvalue weighted by molar-refractivity contribution is 5.18. The van der Waals surface area contributed by atoms with Crippen molar-refractivity contribution in [1.29, 1.82) is 0 Å². The summed E-state index contributed by atoms with van der Waals surface area (Å²) >= 11 is 0. The van der Waals surface area contributed by atoms with Crippen molar-refractivity contribution in [3.8, 4) is 0 Å². The summed E-state index contributed by atoms with van der Waals surface area (Å²) in [7, 11) is 1.58. The summed E-state index contributed by atoms with van der Waals surface area (Å²) in [5.74, 6) is 0. The second kappa shape index (κ2) is 5.53. The minimum Gasteiger partial charge on any atom is -0.384 e. The van der Waals surface area contributed by atoms with Gasteiger partial charge in [-0.05, 0) is 19.3 Å². The first kappa shape index (κ1) is 15.5. The number of ether oxygens (including phenoxy) is 4. The number of rotatable bonds is 2. The lowest BCUT2D eigenvalue weighted by Crippen LogP contribution is -2.69. The van der Waals surface area contributed by atoms with Crippen LogP contribution in [0.15, 0.2) is 30.3 Å². The summed E-state index contributed by atoms with van der Waals surface area (Å²) in [6, 6.07) is 9.91. The Balaban J connectivity index is 1.64. The Kier molecular flexibility index (Phi) is 3.74. The topological polar surface area (TPSA) is 57.2 Å². The molecule has 0 unspecified atom stereocenters. The molecule has 1 N–H and O–H groups in total. The van der Waals surface area contributed by atoms with Gasteiger partial charge in [0.15, 0.2) is 12.6 Å². The summed E-state index contributed by atoms with van der Waals surface area (Å²) in [6.45, 7) is 2.54. The fourth-order valence-corrected chi connectivity index (χ4v) is 4.51. The first-order valence-corrected chi connectivity index (χ1v) is 8.31. The van der Waals surface area contributed by atoms with Gasteiger partial charge >= 0.3 is 0 Å². The second-order valence-corrected chi connectivity index (χ2v) is 7.07. The van der Waals surface area contributed by atoms with Crippen molar-refractivity contribution in [3.05, 3.63) is 35.9 Å². The van der Waals surface area contributed by atoms with Crippen molar-refractivity contribution < 1.29 is 24.1 Å². The molecule has 5 heteroatoms. The van der Waals surface area contributed by atoms with Crippen LogP contribution >= 0.6 is 0 Å². The molecule has 0 spiro atoms. The van der Waals surface area contributed by atoms with Crippen molar-refractivity contribution in [2.75, 3.05) is 13.7 Å². The second-order valence-electron chi connectivity index (χ2n) is 7.07. The van der Waals surface area contributed by atoms with Crippen LogP contribution in [0.5, 0.6) is 0 Å². The molecule has 0 amide bonds. The lowest BCUT2D eigenvalue weighted by molar-refractivity contribution is -0.391. The average Bonchev–Trinajstić information content (AvgIpc) is 2.91. The molecule has 1 aromatic carbocycles. The molecule has 0 aromatic heterocycles. The lowest BCUT2D eigenvalue weighted by Gasteiger charge is -2.56. The number of hydrogen-bond donors (Lipinski definition) is 1. The molecule has 2 heterocycles. The monoisotopic (exact) mass is 320 g/mol. The van der Waals surface area contributed by atoms with Crippen molar-refractivity contribution in [1.82, 2.24) is 0 Å². The fraction of sp³-hybridized carbons (Fsp3) is 0.667. The third-order valence-electron chi connectivity index (χ3n) is 5.86. The maximum Gasteiger partial charge on any atom is 0.187 e. The third-order valence-corrected chi connectivity index (χ3v) is 5.86. The van der Waals surface area contributed by atoms with Crippen LogP contribution < -0.4 is 0 Å². The van der Waals surface area contributed by atoms with E-state index in [4.69, 9.17) is 18.9 Å². The van der Waals surface area contributed by atoms with E-state index in [2.05, 4.69) is 6.92 Å². The number of aliphatic hydroxyl groups is 1. The van der Waals surface area contributed by atoms with Crippen LogP contribution in [0.25, 0.3) is 0 Å². The van der Waals surface area contributed by atoms with E-state index in [1.54, 1.807) is 7.11 Å². The molecule has 1 aromatic rings. The molecule has 0 radical (unpaired) electrons. The number of hydrogen-bond acceptors (Lipinski definition) is 5. The quantitative estimate of drug-likeness (QED) is 0.907. The minimum atomic E-state index is -1.01. The summed E-state index contributed by atoms with van der Waals surface area (Å²) < 4.78 is 23.6. The molecular weight excluding hydrogens is 296 g/mol. The zero-order chi connectivity index (χ0) is 16.1. The Hall–Kier alpha value is -0.980. The zero-order valence-electron chi connectivity index (χ0n) is 13.6. The van der Waals surface area contributed by atoms with Crippen LogP contribution in [0.2, 0.25) is 0 Å². The lowest BCUT2D eigenvalue weighted by atomic mass is 9.67. The van der Waals surface area contributed by atoms with E-state index in [1.165, 1.54) is 0 Å². The summed E-state index contributed by atoms with van der Waals surface area (Å²) in [5.41, 5.74) is -0.417. The van der Waals surface area contributed by atoms with Gasteiger partial charge in [-0.2, -0.15) is 0 Å². The number of benzene rings is 1. The van der Waals surface area contributed by atoms with E-state index in [-0.39, 0.29) is 12.2 Å². The normalized spacial score (nSPS) is 46.2. The molecule has 1 saturated carbocycles. The van der Waals surface area contributed by atoms with Crippen LogP contribution in [0.3, 0.4) is 0 Å². The number of fused-ring (bicyclic) bond motifs is 3. The van der Waals surface area contributed by atoms with E-state index in [9.17, 15) is 5.11 Å². The molecule has 1 aliphatic carbocycles. The van der Waals surface area contributed by atoms with Crippen molar-refractivity contribution in [3.63, 3.8) is 0 Å². The van der Waals surface area contributed by atoms with Gasteiger partial charge in [-0.25, -0.2) is 0 Å². The van der Waals surface area contributed by atoms with Crippen molar-refractivity contribution in [2.45, 2.75) is 56.6 Å². The summed E-state index contributed by atoms with van der Waals surface area (Å²) in [5, 5.41) is 11.3. The highest BCUT2D eigenvalue weighted by Gasteiger charge is 2.66. The largest absolute Gasteiger partial charge is 0.384 e. The molecule has 2 aliphatic heterocycles. The predicted octanol–water partition coefficient (Wildman–Crippen LogP) is 2.39. The van der Waals surface area contributed by atoms with Gasteiger partial charge in [-0.1, -0.05) is 37.3 Å². The van der Waals surface area contributed by atoms with Gasteiger partial charge < -0.3 is 24.1 Å². The molecular formula is C18H24O5. The van der Waals surface area contributed by atoms with E-state index >= 15 is 0 Å². The molecule has 3 fully saturated rings. The Morgan fingerprint density at radius 2 is 1.96 bits per heavy atom. The van der Waals surface area contributed by atoms with Crippen LogP contribution in [-0.2, 0) is 18.9 Å². The van der Waals surface area contributed by atoms with Gasteiger partial charge in [0.2, 0.25) is 0 Å². The van der Waals surface area contributed by atoms with E-state index < -0.39 is 23.6 Å². The Bertz CT molecular complexity index is 564. The fourth-order valence-electron chi connectivity index (χ4n) is 4.51. The zero-order valence-corrected chi connectivity index (χ0v) is 13.6. The van der Waals surface area contributed by atoms with E-state index in [1.807, 2.05) is 30.3 Å². The van der Waals surface area contributed by atoms with E-state index in [0.29, 0.717) is 13.0 Å². The first-order chi connectivity index (χ1) is 11.1. The smallest absolute Gasteiger partial charge is 0.187 e. The Morgan fingerprint density at radius 3 is 2.70 bits per heavy atom. The molecule has 126 valence electrons. The summed E-state index contributed by atoms with van der Waals surface area (Å²) in [4.78, 5) is 0. The predicted molar refractivity (Wildman–Crippen MR) is 82.6 cm³/mol. The van der Waals surface area contributed by atoms with Crippen LogP contribution in [0.1, 0.15) is 38.0 Å². The molecule has 4 rings (SSSR count). The SMILES string of the molecule is CO[C@H]1O[C@@H]2CO[C@@H](c3ccccc3)O[C@H]2[C@]2(C)CCC[C@]12O. The van der Waals surface area contributed by atoms with Gasteiger partial charge in [0.25, 0.3) is 0 Å². The molecule has 6 atom stereocenters. The van der Waals surface area contributed by atoms with Gasteiger partial charge in [-0.15, -0.1) is 0 Å². The van der Waals surface area contributed by atoms with Crippen LogP contribution in [0, 0.1) is 5.41 Å². The van der Waals surface area contributed by atoms with E-state index in [0.717, 1.165) is 18.4 Å². The van der Waals surface area contributed by atoms with Crippen LogP contribution in [0.4, 0.5) is 0 Å². The van der Waals surface area contributed by atoms with Crippen molar-refractivity contribution in [2.24, 2.45) is 5.41 Å². The molecule has 0 bridgehead atoms. The highest BCUT2D eigenvalue weighted by Crippen LogP contribution is 2.57. The standard InChI is InChI=1S/C18H24O5/c1-17-9-6-10-18(17,19)16(20-2)22-13-11-21-15(23-14(13)17)12-7-4-3-5-8-12/h3-5,7-8,13-16,19H,6,9-11H2,1-2H3/t13-,14-,15-,16+,17+,18+/m1/s1. The molecule has 5 nitrogen and oxygen atoms in total.